The number of phenolic OH excluding ortho intramolecular Hbond substituents is 1. The molecule has 98 valence electrons. The number of carbonyl (C=O) groups excluding carboxylic acids is 1. The molecule has 1 amide bonds. The predicted molar refractivity (Wildman–Crippen MR) is 70.2 cm³/mol. The van der Waals surface area contributed by atoms with Gasteiger partial charge in [-0.2, -0.15) is 0 Å². The van der Waals surface area contributed by atoms with Crippen molar-refractivity contribution in [1.82, 2.24) is 4.90 Å². The Balaban J connectivity index is 2.05. The molecular weight excluding hydrogens is 228 g/mol. The van der Waals surface area contributed by atoms with Gasteiger partial charge in [0, 0.05) is 24.7 Å². The first-order chi connectivity index (χ1) is 8.72. The number of nitrogens with zero attached hydrogens (tertiary/aromatic N) is 1. The van der Waals surface area contributed by atoms with Crippen molar-refractivity contribution in [3.8, 4) is 5.75 Å². The Kier molecular flexibility index (Phi) is 4.20. The lowest BCUT2D eigenvalue weighted by atomic mass is 10.0. The van der Waals surface area contributed by atoms with Crippen molar-refractivity contribution >= 4 is 5.91 Å². The van der Waals surface area contributed by atoms with Gasteiger partial charge in [0.2, 0.25) is 5.91 Å². The first-order valence-corrected chi connectivity index (χ1v) is 6.48. The Morgan fingerprint density at radius 2 is 2.17 bits per heavy atom. The van der Waals surface area contributed by atoms with Gasteiger partial charge < -0.3 is 15.7 Å². The average molecular weight is 248 g/mol. The maximum Gasteiger partial charge on any atom is 0.227 e. The third-order valence-corrected chi connectivity index (χ3v) is 3.55. The van der Waals surface area contributed by atoms with Gasteiger partial charge in [-0.05, 0) is 25.3 Å². The van der Waals surface area contributed by atoms with Crippen LogP contribution < -0.4 is 5.73 Å². The van der Waals surface area contributed by atoms with E-state index in [0.29, 0.717) is 12.1 Å². The smallest absolute Gasteiger partial charge is 0.227 e. The van der Waals surface area contributed by atoms with Crippen LogP contribution in [-0.2, 0) is 11.2 Å². The fourth-order valence-corrected chi connectivity index (χ4v) is 2.50. The molecule has 1 aliphatic rings. The summed E-state index contributed by atoms with van der Waals surface area (Å²) in [7, 11) is 0. The molecule has 1 aliphatic heterocycles. The van der Waals surface area contributed by atoms with Crippen molar-refractivity contribution < 1.29 is 9.90 Å². The van der Waals surface area contributed by atoms with Crippen LogP contribution in [0.4, 0.5) is 0 Å². The molecule has 1 aromatic rings. The van der Waals surface area contributed by atoms with E-state index in [0.717, 1.165) is 25.8 Å². The lowest BCUT2D eigenvalue weighted by molar-refractivity contribution is -0.133. The van der Waals surface area contributed by atoms with Crippen LogP contribution in [0.5, 0.6) is 5.75 Å². The lowest BCUT2D eigenvalue weighted by Crippen LogP contribution is -2.48. The zero-order valence-corrected chi connectivity index (χ0v) is 10.5. The van der Waals surface area contributed by atoms with Crippen LogP contribution in [0.1, 0.15) is 24.8 Å². The molecule has 1 heterocycles. The highest BCUT2D eigenvalue weighted by molar-refractivity contribution is 5.80. The number of rotatable bonds is 3. The first kappa shape index (κ1) is 12.9. The van der Waals surface area contributed by atoms with Crippen molar-refractivity contribution in [3.63, 3.8) is 0 Å². The van der Waals surface area contributed by atoms with Crippen molar-refractivity contribution in [2.24, 2.45) is 5.73 Å². The van der Waals surface area contributed by atoms with Crippen LogP contribution in [0.3, 0.4) is 0 Å². The Hall–Kier alpha value is -1.55. The van der Waals surface area contributed by atoms with Crippen molar-refractivity contribution in [1.29, 1.82) is 0 Å². The second-order valence-electron chi connectivity index (χ2n) is 4.78. The number of hydrogen-bond donors (Lipinski definition) is 2. The fraction of sp³-hybridized carbons (Fsp3) is 0.500. The van der Waals surface area contributed by atoms with E-state index in [1.54, 1.807) is 18.2 Å². The van der Waals surface area contributed by atoms with Gasteiger partial charge in [-0.15, -0.1) is 0 Å². The highest BCUT2D eigenvalue weighted by Gasteiger charge is 2.25. The molecule has 1 fully saturated rings. The van der Waals surface area contributed by atoms with Crippen LogP contribution in [-0.4, -0.2) is 35.0 Å². The standard InChI is InChI=1S/C14H20N2O2/c15-10-12-6-3-4-8-16(12)14(18)9-11-5-1-2-7-13(11)17/h1-2,5,7,12,17H,3-4,6,8-10,15H2. The zero-order valence-electron chi connectivity index (χ0n) is 10.5. The van der Waals surface area contributed by atoms with Crippen molar-refractivity contribution in [2.75, 3.05) is 13.1 Å². The molecule has 3 N–H and O–H groups in total. The van der Waals surface area contributed by atoms with E-state index >= 15 is 0 Å². The summed E-state index contributed by atoms with van der Waals surface area (Å²) in [6, 6.07) is 7.15. The molecule has 1 atom stereocenters. The summed E-state index contributed by atoms with van der Waals surface area (Å²) in [6.45, 7) is 1.31. The average Bonchev–Trinajstić information content (AvgIpc) is 2.41. The Morgan fingerprint density at radius 1 is 1.39 bits per heavy atom. The topological polar surface area (TPSA) is 66.6 Å². The molecule has 0 aliphatic carbocycles. The van der Waals surface area contributed by atoms with Gasteiger partial charge in [0.1, 0.15) is 5.75 Å². The molecule has 1 unspecified atom stereocenters. The number of phenols is 1. The molecule has 0 bridgehead atoms. The monoisotopic (exact) mass is 248 g/mol. The summed E-state index contributed by atoms with van der Waals surface area (Å²) >= 11 is 0. The quantitative estimate of drug-likeness (QED) is 0.846. The Bertz CT molecular complexity index is 420. The maximum absolute atomic E-state index is 12.2. The van der Waals surface area contributed by atoms with Crippen molar-refractivity contribution in [2.45, 2.75) is 31.7 Å². The van der Waals surface area contributed by atoms with Gasteiger partial charge in [-0.3, -0.25) is 4.79 Å². The Morgan fingerprint density at radius 3 is 2.89 bits per heavy atom. The number of aromatic hydroxyl groups is 1. The summed E-state index contributed by atoms with van der Waals surface area (Å²) in [5, 5.41) is 9.69. The lowest BCUT2D eigenvalue weighted by Gasteiger charge is -2.35. The minimum Gasteiger partial charge on any atom is -0.508 e. The largest absolute Gasteiger partial charge is 0.508 e. The van der Waals surface area contributed by atoms with Crippen molar-refractivity contribution in [3.05, 3.63) is 29.8 Å². The van der Waals surface area contributed by atoms with Gasteiger partial charge >= 0.3 is 0 Å². The number of nitrogens with two attached hydrogens (primary N) is 1. The number of amides is 1. The summed E-state index contributed by atoms with van der Waals surface area (Å²) in [5.74, 6) is 0.249. The van der Waals surface area contributed by atoms with E-state index in [9.17, 15) is 9.90 Å². The van der Waals surface area contributed by atoms with Gasteiger partial charge in [-0.1, -0.05) is 18.2 Å². The molecule has 4 heteroatoms. The Labute approximate surface area is 107 Å². The predicted octanol–water partition coefficient (Wildman–Crippen LogP) is 1.27. The molecular formula is C14H20N2O2. The number of likely N-dealkylation sites (tertiary alicyclic amines) is 1. The molecule has 1 aromatic carbocycles. The first-order valence-electron chi connectivity index (χ1n) is 6.48. The summed E-state index contributed by atoms with van der Waals surface area (Å²) in [4.78, 5) is 14.1. The molecule has 0 spiro atoms. The highest BCUT2D eigenvalue weighted by Crippen LogP contribution is 2.20. The molecule has 0 radical (unpaired) electrons. The van der Waals surface area contributed by atoms with Gasteiger partial charge in [0.25, 0.3) is 0 Å². The fourth-order valence-electron chi connectivity index (χ4n) is 2.50. The van der Waals surface area contributed by atoms with E-state index in [-0.39, 0.29) is 24.1 Å². The van der Waals surface area contributed by atoms with Crippen LogP contribution in [0.2, 0.25) is 0 Å². The number of benzene rings is 1. The van der Waals surface area contributed by atoms with Gasteiger partial charge in [0.05, 0.1) is 6.42 Å². The summed E-state index contributed by atoms with van der Waals surface area (Å²) in [6.07, 6.45) is 3.43. The molecule has 1 saturated heterocycles. The molecule has 18 heavy (non-hydrogen) atoms. The molecule has 4 nitrogen and oxygen atoms in total. The summed E-state index contributed by atoms with van der Waals surface area (Å²) < 4.78 is 0. The zero-order chi connectivity index (χ0) is 13.0. The molecule has 0 aromatic heterocycles. The van der Waals surface area contributed by atoms with Gasteiger partial charge in [-0.25, -0.2) is 0 Å². The minimum absolute atomic E-state index is 0.0617. The normalized spacial score (nSPS) is 19.8. The maximum atomic E-state index is 12.2. The molecule has 2 rings (SSSR count). The van der Waals surface area contributed by atoms with Gasteiger partial charge in [0.15, 0.2) is 0 Å². The third-order valence-electron chi connectivity index (χ3n) is 3.55. The van der Waals surface area contributed by atoms with E-state index in [1.807, 2.05) is 11.0 Å². The van der Waals surface area contributed by atoms with E-state index in [1.165, 1.54) is 0 Å². The van der Waals surface area contributed by atoms with E-state index < -0.39 is 0 Å². The highest BCUT2D eigenvalue weighted by atomic mass is 16.3. The van der Waals surface area contributed by atoms with E-state index in [2.05, 4.69) is 0 Å². The van der Waals surface area contributed by atoms with Crippen LogP contribution in [0, 0.1) is 0 Å². The SMILES string of the molecule is NCC1CCCCN1C(=O)Cc1ccccc1O. The number of para-hydroxylation sites is 1. The molecule has 0 saturated carbocycles. The van der Waals surface area contributed by atoms with E-state index in [4.69, 9.17) is 5.73 Å². The minimum atomic E-state index is 0.0617. The van der Waals surface area contributed by atoms with Crippen LogP contribution in [0.15, 0.2) is 24.3 Å². The summed E-state index contributed by atoms with van der Waals surface area (Å²) in [5.41, 5.74) is 6.40. The third kappa shape index (κ3) is 2.82. The second-order valence-corrected chi connectivity index (χ2v) is 4.78. The second kappa shape index (κ2) is 5.87. The van der Waals surface area contributed by atoms with Crippen LogP contribution in [0.25, 0.3) is 0 Å². The van der Waals surface area contributed by atoms with Crippen LogP contribution >= 0.6 is 0 Å². The number of piperidine rings is 1. The number of carbonyl (C=O) groups is 1. The number of hydrogen-bond acceptors (Lipinski definition) is 3.